The number of rotatable bonds is 4. The highest BCUT2D eigenvalue weighted by molar-refractivity contribution is 5.25. The van der Waals surface area contributed by atoms with Crippen molar-refractivity contribution in [3.63, 3.8) is 0 Å². The molecule has 2 rings (SSSR count). The minimum absolute atomic E-state index is 0.139. The number of nitrogens with two attached hydrogens (primary N) is 1. The summed E-state index contributed by atoms with van der Waals surface area (Å²) >= 11 is 0. The van der Waals surface area contributed by atoms with Crippen LogP contribution in [-0.2, 0) is 6.42 Å². The molecule has 1 heterocycles. The van der Waals surface area contributed by atoms with E-state index in [1.54, 1.807) is 19.2 Å². The fourth-order valence-corrected chi connectivity index (χ4v) is 1.87. The van der Waals surface area contributed by atoms with Crippen LogP contribution in [0, 0.1) is 12.7 Å². The van der Waals surface area contributed by atoms with Crippen LogP contribution >= 0.6 is 0 Å². The zero-order chi connectivity index (χ0) is 13.0. The van der Waals surface area contributed by atoms with Crippen molar-refractivity contribution in [2.45, 2.75) is 25.8 Å². The van der Waals surface area contributed by atoms with Crippen molar-refractivity contribution in [2.24, 2.45) is 5.73 Å². The Kier molecular flexibility index (Phi) is 4.05. The molecule has 0 saturated carbocycles. The minimum Gasteiger partial charge on any atom is -0.324 e. The first-order valence-electron chi connectivity index (χ1n) is 6.07. The van der Waals surface area contributed by atoms with Gasteiger partial charge in [-0.25, -0.2) is 4.39 Å². The van der Waals surface area contributed by atoms with E-state index in [0.29, 0.717) is 5.56 Å². The van der Waals surface area contributed by atoms with Crippen molar-refractivity contribution < 1.29 is 4.39 Å². The monoisotopic (exact) mass is 244 g/mol. The Morgan fingerprint density at radius 2 is 2.17 bits per heavy atom. The van der Waals surface area contributed by atoms with E-state index < -0.39 is 0 Å². The lowest BCUT2D eigenvalue weighted by Gasteiger charge is -2.12. The lowest BCUT2D eigenvalue weighted by molar-refractivity contribution is 0.602. The SMILES string of the molecule is Cc1ccc(C(N)CCc2cccnc2)cc1F. The van der Waals surface area contributed by atoms with Crippen LogP contribution in [0.2, 0.25) is 0 Å². The maximum Gasteiger partial charge on any atom is 0.126 e. The van der Waals surface area contributed by atoms with E-state index >= 15 is 0 Å². The number of hydrogen-bond donors (Lipinski definition) is 1. The summed E-state index contributed by atoms with van der Waals surface area (Å²) in [5.74, 6) is -0.190. The standard InChI is InChI=1S/C15H17FN2/c1-11-4-6-13(9-14(11)16)15(17)7-5-12-3-2-8-18-10-12/h2-4,6,8-10,15H,5,7,17H2,1H3. The van der Waals surface area contributed by atoms with Gasteiger partial charge in [-0.1, -0.05) is 18.2 Å². The summed E-state index contributed by atoms with van der Waals surface area (Å²) in [6.45, 7) is 1.75. The third-order valence-electron chi connectivity index (χ3n) is 3.09. The first-order chi connectivity index (χ1) is 8.66. The van der Waals surface area contributed by atoms with E-state index in [9.17, 15) is 4.39 Å². The van der Waals surface area contributed by atoms with Crippen LogP contribution in [0.4, 0.5) is 4.39 Å². The van der Waals surface area contributed by atoms with Crippen LogP contribution in [0.3, 0.4) is 0 Å². The zero-order valence-electron chi connectivity index (χ0n) is 10.4. The maximum absolute atomic E-state index is 13.4. The molecule has 0 fully saturated rings. The Morgan fingerprint density at radius 3 is 2.83 bits per heavy atom. The molecule has 18 heavy (non-hydrogen) atoms. The molecule has 1 aromatic carbocycles. The summed E-state index contributed by atoms with van der Waals surface area (Å²) in [6, 6.07) is 8.99. The molecule has 0 aliphatic heterocycles. The fraction of sp³-hybridized carbons (Fsp3) is 0.267. The highest BCUT2D eigenvalue weighted by Crippen LogP contribution is 2.19. The van der Waals surface area contributed by atoms with E-state index in [1.807, 2.05) is 24.4 Å². The Hall–Kier alpha value is -1.74. The lowest BCUT2D eigenvalue weighted by Crippen LogP contribution is -2.11. The predicted octanol–water partition coefficient (Wildman–Crippen LogP) is 3.16. The number of benzene rings is 1. The van der Waals surface area contributed by atoms with Crippen LogP contribution in [-0.4, -0.2) is 4.98 Å². The topological polar surface area (TPSA) is 38.9 Å². The smallest absolute Gasteiger partial charge is 0.126 e. The molecule has 1 unspecified atom stereocenters. The predicted molar refractivity (Wildman–Crippen MR) is 70.6 cm³/mol. The van der Waals surface area contributed by atoms with Gasteiger partial charge < -0.3 is 5.73 Å². The molecule has 1 atom stereocenters. The van der Waals surface area contributed by atoms with Gasteiger partial charge in [0.05, 0.1) is 0 Å². The number of aryl methyl sites for hydroxylation is 2. The molecule has 0 saturated heterocycles. The van der Waals surface area contributed by atoms with Crippen molar-refractivity contribution in [1.29, 1.82) is 0 Å². The van der Waals surface area contributed by atoms with Gasteiger partial charge in [0.25, 0.3) is 0 Å². The zero-order valence-corrected chi connectivity index (χ0v) is 10.4. The molecule has 2 N–H and O–H groups in total. The second-order valence-corrected chi connectivity index (χ2v) is 4.52. The molecular weight excluding hydrogens is 227 g/mol. The molecule has 1 aromatic heterocycles. The van der Waals surface area contributed by atoms with Crippen LogP contribution in [0.5, 0.6) is 0 Å². The third kappa shape index (κ3) is 3.14. The maximum atomic E-state index is 13.4. The largest absolute Gasteiger partial charge is 0.324 e. The average Bonchev–Trinajstić information content (AvgIpc) is 2.40. The second kappa shape index (κ2) is 5.74. The van der Waals surface area contributed by atoms with Gasteiger partial charge in [0.2, 0.25) is 0 Å². The van der Waals surface area contributed by atoms with Crippen LogP contribution < -0.4 is 5.73 Å². The summed E-state index contributed by atoms with van der Waals surface area (Å²) in [4.78, 5) is 4.06. The molecule has 0 bridgehead atoms. The van der Waals surface area contributed by atoms with E-state index in [1.165, 1.54) is 6.07 Å². The summed E-state index contributed by atoms with van der Waals surface area (Å²) < 4.78 is 13.4. The van der Waals surface area contributed by atoms with Crippen molar-refractivity contribution in [3.05, 3.63) is 65.2 Å². The van der Waals surface area contributed by atoms with Gasteiger partial charge in [-0.05, 0) is 48.6 Å². The Morgan fingerprint density at radius 1 is 1.33 bits per heavy atom. The molecule has 0 spiro atoms. The summed E-state index contributed by atoms with van der Waals surface area (Å²) in [7, 11) is 0. The lowest BCUT2D eigenvalue weighted by atomic mass is 9.99. The Labute approximate surface area is 107 Å². The summed E-state index contributed by atoms with van der Waals surface area (Å²) in [5.41, 5.74) is 8.73. The van der Waals surface area contributed by atoms with Crippen LogP contribution in [0.25, 0.3) is 0 Å². The minimum atomic E-state index is -0.190. The van der Waals surface area contributed by atoms with E-state index in [2.05, 4.69) is 4.98 Å². The number of nitrogens with zero attached hydrogens (tertiary/aromatic N) is 1. The number of hydrogen-bond acceptors (Lipinski definition) is 2. The Bertz CT molecular complexity index is 511. The number of pyridine rings is 1. The highest BCUT2D eigenvalue weighted by atomic mass is 19.1. The second-order valence-electron chi connectivity index (χ2n) is 4.52. The van der Waals surface area contributed by atoms with Gasteiger partial charge in [-0.3, -0.25) is 4.98 Å². The molecule has 94 valence electrons. The first kappa shape index (κ1) is 12.7. The molecule has 2 nitrogen and oxygen atoms in total. The molecule has 0 amide bonds. The van der Waals surface area contributed by atoms with Crippen molar-refractivity contribution >= 4 is 0 Å². The summed E-state index contributed by atoms with van der Waals surface area (Å²) in [6.07, 6.45) is 5.22. The van der Waals surface area contributed by atoms with Crippen LogP contribution in [0.15, 0.2) is 42.7 Å². The highest BCUT2D eigenvalue weighted by Gasteiger charge is 2.08. The van der Waals surface area contributed by atoms with Gasteiger partial charge >= 0.3 is 0 Å². The molecule has 2 aromatic rings. The van der Waals surface area contributed by atoms with Crippen molar-refractivity contribution in [1.82, 2.24) is 4.98 Å². The number of halogens is 1. The van der Waals surface area contributed by atoms with E-state index in [0.717, 1.165) is 24.0 Å². The normalized spacial score (nSPS) is 12.4. The molecule has 0 aliphatic rings. The van der Waals surface area contributed by atoms with Crippen molar-refractivity contribution in [3.8, 4) is 0 Å². The Balaban J connectivity index is 1.99. The van der Waals surface area contributed by atoms with Gasteiger partial charge in [-0.2, -0.15) is 0 Å². The third-order valence-corrected chi connectivity index (χ3v) is 3.09. The first-order valence-corrected chi connectivity index (χ1v) is 6.07. The van der Waals surface area contributed by atoms with Gasteiger partial charge in [-0.15, -0.1) is 0 Å². The molecule has 0 radical (unpaired) electrons. The molecule has 3 heteroatoms. The van der Waals surface area contributed by atoms with Gasteiger partial charge in [0.1, 0.15) is 5.82 Å². The number of aromatic nitrogens is 1. The molecular formula is C15H17FN2. The average molecular weight is 244 g/mol. The van der Waals surface area contributed by atoms with Gasteiger partial charge in [0, 0.05) is 18.4 Å². The summed E-state index contributed by atoms with van der Waals surface area (Å²) in [5, 5.41) is 0. The van der Waals surface area contributed by atoms with Crippen LogP contribution in [0.1, 0.15) is 29.2 Å². The van der Waals surface area contributed by atoms with E-state index in [4.69, 9.17) is 5.73 Å². The molecule has 0 aliphatic carbocycles. The fourth-order valence-electron chi connectivity index (χ4n) is 1.87. The van der Waals surface area contributed by atoms with E-state index in [-0.39, 0.29) is 11.9 Å². The van der Waals surface area contributed by atoms with Gasteiger partial charge in [0.15, 0.2) is 0 Å². The quantitative estimate of drug-likeness (QED) is 0.897. The van der Waals surface area contributed by atoms with Crippen molar-refractivity contribution in [2.75, 3.05) is 0 Å².